The van der Waals surface area contributed by atoms with Crippen LogP contribution in [0.5, 0.6) is 0 Å². The SMILES string of the molecule is CC(=O)c1ccc2cc(-c3ccc(Cl)cc3)c(N)n2c1. The van der Waals surface area contributed by atoms with Crippen LogP contribution in [0.15, 0.2) is 48.7 Å². The van der Waals surface area contributed by atoms with E-state index in [1.165, 1.54) is 0 Å². The van der Waals surface area contributed by atoms with E-state index in [1.807, 2.05) is 46.9 Å². The van der Waals surface area contributed by atoms with Crippen LogP contribution < -0.4 is 5.73 Å². The number of nitrogens with two attached hydrogens (primary N) is 1. The lowest BCUT2D eigenvalue weighted by molar-refractivity contribution is 0.101. The van der Waals surface area contributed by atoms with Crippen LogP contribution in [-0.2, 0) is 0 Å². The number of pyridine rings is 1. The average molecular weight is 285 g/mol. The summed E-state index contributed by atoms with van der Waals surface area (Å²) in [6.07, 6.45) is 1.77. The number of carbonyl (C=O) groups is 1. The fraction of sp³-hybridized carbons (Fsp3) is 0.0625. The number of nitrogens with zero attached hydrogens (tertiary/aromatic N) is 1. The van der Waals surface area contributed by atoms with Gasteiger partial charge in [-0.05, 0) is 42.8 Å². The smallest absolute Gasteiger partial charge is 0.161 e. The standard InChI is InChI=1S/C16H13ClN2O/c1-10(20)12-4-7-14-8-15(16(18)19(14)9-12)11-2-5-13(17)6-3-11/h2-9H,18H2,1H3. The summed E-state index contributed by atoms with van der Waals surface area (Å²) in [6.45, 7) is 1.54. The Bertz CT molecular complexity index is 803. The summed E-state index contributed by atoms with van der Waals surface area (Å²) in [6, 6.07) is 13.2. The number of Topliss-reactive ketones (excluding diaryl/α,β-unsaturated/α-hetero) is 1. The molecule has 0 fully saturated rings. The van der Waals surface area contributed by atoms with Crippen molar-refractivity contribution >= 4 is 28.7 Å². The maximum atomic E-state index is 11.4. The number of hydrogen-bond donors (Lipinski definition) is 1. The first kappa shape index (κ1) is 12.8. The minimum Gasteiger partial charge on any atom is -0.384 e. The predicted molar refractivity (Wildman–Crippen MR) is 82.3 cm³/mol. The molecule has 20 heavy (non-hydrogen) atoms. The monoisotopic (exact) mass is 284 g/mol. The van der Waals surface area contributed by atoms with E-state index in [9.17, 15) is 4.79 Å². The summed E-state index contributed by atoms with van der Waals surface area (Å²) < 4.78 is 1.83. The van der Waals surface area contributed by atoms with E-state index in [0.29, 0.717) is 16.4 Å². The Labute approximate surface area is 121 Å². The first-order chi connectivity index (χ1) is 9.56. The van der Waals surface area contributed by atoms with Crippen molar-refractivity contribution in [3.05, 3.63) is 59.2 Å². The zero-order valence-corrected chi connectivity index (χ0v) is 11.7. The van der Waals surface area contributed by atoms with Gasteiger partial charge in [-0.2, -0.15) is 0 Å². The molecule has 2 aromatic heterocycles. The highest BCUT2D eigenvalue weighted by Gasteiger charge is 2.10. The van der Waals surface area contributed by atoms with Gasteiger partial charge in [0.05, 0.1) is 0 Å². The highest BCUT2D eigenvalue weighted by atomic mass is 35.5. The number of hydrogen-bond acceptors (Lipinski definition) is 2. The van der Waals surface area contributed by atoms with Gasteiger partial charge >= 0.3 is 0 Å². The topological polar surface area (TPSA) is 47.5 Å². The van der Waals surface area contributed by atoms with Gasteiger partial charge in [0.1, 0.15) is 5.82 Å². The second-order valence-electron chi connectivity index (χ2n) is 4.72. The average Bonchev–Trinajstić information content (AvgIpc) is 2.76. The van der Waals surface area contributed by atoms with Gasteiger partial charge < -0.3 is 10.1 Å². The van der Waals surface area contributed by atoms with E-state index < -0.39 is 0 Å². The largest absolute Gasteiger partial charge is 0.384 e. The van der Waals surface area contributed by atoms with Gasteiger partial charge in [0.15, 0.2) is 5.78 Å². The normalized spacial score (nSPS) is 10.9. The van der Waals surface area contributed by atoms with Crippen LogP contribution in [0.1, 0.15) is 17.3 Å². The zero-order chi connectivity index (χ0) is 14.3. The molecule has 0 atom stereocenters. The van der Waals surface area contributed by atoms with E-state index in [2.05, 4.69) is 0 Å². The Morgan fingerprint density at radius 3 is 2.50 bits per heavy atom. The molecule has 0 saturated carbocycles. The summed E-state index contributed by atoms with van der Waals surface area (Å²) in [7, 11) is 0. The molecule has 3 rings (SSSR count). The first-order valence-corrected chi connectivity index (χ1v) is 6.61. The first-order valence-electron chi connectivity index (χ1n) is 6.24. The minimum absolute atomic E-state index is 0.0213. The van der Waals surface area contributed by atoms with E-state index >= 15 is 0 Å². The number of carbonyl (C=O) groups excluding carboxylic acids is 1. The molecule has 2 heterocycles. The number of rotatable bonds is 2. The van der Waals surface area contributed by atoms with Crippen LogP contribution in [0.4, 0.5) is 5.82 Å². The van der Waals surface area contributed by atoms with Gasteiger partial charge in [0.25, 0.3) is 0 Å². The molecule has 3 aromatic rings. The third kappa shape index (κ3) is 2.06. The third-order valence-electron chi connectivity index (χ3n) is 3.37. The highest BCUT2D eigenvalue weighted by molar-refractivity contribution is 6.30. The number of halogens is 1. The Morgan fingerprint density at radius 1 is 1.15 bits per heavy atom. The molecule has 0 amide bonds. The molecular weight excluding hydrogens is 272 g/mol. The Balaban J connectivity index is 2.20. The fourth-order valence-corrected chi connectivity index (χ4v) is 2.38. The molecule has 0 aliphatic heterocycles. The number of aromatic nitrogens is 1. The van der Waals surface area contributed by atoms with Gasteiger partial charge in [-0.25, -0.2) is 0 Å². The van der Waals surface area contributed by atoms with E-state index in [4.69, 9.17) is 17.3 Å². The third-order valence-corrected chi connectivity index (χ3v) is 3.62. The molecule has 0 unspecified atom stereocenters. The summed E-state index contributed by atoms with van der Waals surface area (Å²) >= 11 is 5.90. The summed E-state index contributed by atoms with van der Waals surface area (Å²) in [5.74, 6) is 0.637. The number of ketones is 1. The summed E-state index contributed by atoms with van der Waals surface area (Å²) in [5.41, 5.74) is 9.73. The summed E-state index contributed by atoms with van der Waals surface area (Å²) in [5, 5.41) is 0.690. The molecule has 0 radical (unpaired) electrons. The van der Waals surface area contributed by atoms with E-state index in [0.717, 1.165) is 16.6 Å². The number of anilines is 1. The molecule has 0 aliphatic carbocycles. The maximum Gasteiger partial charge on any atom is 0.161 e. The lowest BCUT2D eigenvalue weighted by Crippen LogP contribution is -1.98. The molecule has 0 spiro atoms. The van der Waals surface area contributed by atoms with Crippen molar-refractivity contribution in [2.75, 3.05) is 5.73 Å². The van der Waals surface area contributed by atoms with Crippen LogP contribution in [0.2, 0.25) is 5.02 Å². The lowest BCUT2D eigenvalue weighted by Gasteiger charge is -2.03. The van der Waals surface area contributed by atoms with Gasteiger partial charge in [0.2, 0.25) is 0 Å². The Kier molecular flexibility index (Phi) is 2.99. The van der Waals surface area contributed by atoms with E-state index in [1.54, 1.807) is 13.1 Å². The van der Waals surface area contributed by atoms with Gasteiger partial charge in [-0.15, -0.1) is 0 Å². The number of nitrogen functional groups attached to an aromatic ring is 1. The van der Waals surface area contributed by atoms with E-state index in [-0.39, 0.29) is 5.78 Å². The molecule has 3 nitrogen and oxygen atoms in total. The van der Waals surface area contributed by atoms with Crippen molar-refractivity contribution in [1.29, 1.82) is 0 Å². The minimum atomic E-state index is 0.0213. The maximum absolute atomic E-state index is 11.4. The predicted octanol–water partition coefficient (Wildman–Crippen LogP) is 4.04. The zero-order valence-electron chi connectivity index (χ0n) is 10.9. The molecule has 1 aromatic carbocycles. The van der Waals surface area contributed by atoms with Crippen molar-refractivity contribution in [1.82, 2.24) is 4.40 Å². The van der Waals surface area contributed by atoms with Crippen molar-refractivity contribution in [3.8, 4) is 11.1 Å². The quantitative estimate of drug-likeness (QED) is 0.722. The second-order valence-corrected chi connectivity index (χ2v) is 5.16. The molecule has 4 heteroatoms. The molecule has 2 N–H and O–H groups in total. The second kappa shape index (κ2) is 4.69. The summed E-state index contributed by atoms with van der Waals surface area (Å²) in [4.78, 5) is 11.4. The molecule has 100 valence electrons. The molecule has 0 aliphatic rings. The van der Waals surface area contributed by atoms with Crippen LogP contribution >= 0.6 is 11.6 Å². The highest BCUT2D eigenvalue weighted by Crippen LogP contribution is 2.30. The van der Waals surface area contributed by atoms with Crippen LogP contribution in [0.25, 0.3) is 16.6 Å². The van der Waals surface area contributed by atoms with Crippen LogP contribution in [0, 0.1) is 0 Å². The van der Waals surface area contributed by atoms with Crippen molar-refractivity contribution < 1.29 is 4.79 Å². The molecule has 0 bridgehead atoms. The molecular formula is C16H13ClN2O. The number of benzene rings is 1. The van der Waals surface area contributed by atoms with Crippen molar-refractivity contribution in [2.45, 2.75) is 6.92 Å². The van der Waals surface area contributed by atoms with Crippen LogP contribution in [-0.4, -0.2) is 10.2 Å². The van der Waals surface area contributed by atoms with Gasteiger partial charge in [-0.1, -0.05) is 23.7 Å². The number of fused-ring (bicyclic) bond motifs is 1. The van der Waals surface area contributed by atoms with Gasteiger partial charge in [0, 0.05) is 27.9 Å². The fourth-order valence-electron chi connectivity index (χ4n) is 2.26. The Morgan fingerprint density at radius 2 is 1.85 bits per heavy atom. The lowest BCUT2D eigenvalue weighted by atomic mass is 10.1. The van der Waals surface area contributed by atoms with Crippen LogP contribution in [0.3, 0.4) is 0 Å². The Hall–Kier alpha value is -2.26. The molecule has 0 saturated heterocycles. The van der Waals surface area contributed by atoms with Gasteiger partial charge in [-0.3, -0.25) is 4.79 Å². The van der Waals surface area contributed by atoms with Crippen molar-refractivity contribution in [2.24, 2.45) is 0 Å². The van der Waals surface area contributed by atoms with Crippen molar-refractivity contribution in [3.63, 3.8) is 0 Å².